The van der Waals surface area contributed by atoms with Crippen LogP contribution in [0.2, 0.25) is 0 Å². The molecule has 1 atom stereocenters. The van der Waals surface area contributed by atoms with Crippen LogP contribution in [-0.2, 0) is 14.3 Å². The van der Waals surface area contributed by atoms with E-state index in [9.17, 15) is 9.59 Å². The average Bonchev–Trinajstić information content (AvgIpc) is 3.53. The number of ether oxygens (including phenoxy) is 2. The summed E-state index contributed by atoms with van der Waals surface area (Å²) >= 11 is 0. The fourth-order valence-electron chi connectivity index (χ4n) is 4.21. The number of nitrogens with zero attached hydrogens (tertiary/aromatic N) is 3. The second kappa shape index (κ2) is 10.1. The summed E-state index contributed by atoms with van der Waals surface area (Å²) < 4.78 is 11.1. The maximum atomic E-state index is 12.3. The van der Waals surface area contributed by atoms with Gasteiger partial charge < -0.3 is 14.8 Å². The van der Waals surface area contributed by atoms with Gasteiger partial charge in [0.05, 0.1) is 6.61 Å². The summed E-state index contributed by atoms with van der Waals surface area (Å²) in [5.41, 5.74) is 4.30. The summed E-state index contributed by atoms with van der Waals surface area (Å²) in [5.74, 6) is 1.34. The van der Waals surface area contributed by atoms with Gasteiger partial charge in [0.25, 0.3) is 6.47 Å². The quantitative estimate of drug-likeness (QED) is 0.570. The SMILES string of the molecule is Cc1ncnc(C)c1-c1cc(NC(=O)C2CC2)ccc1OCCN1CCC(COC=O)C1. The maximum Gasteiger partial charge on any atom is 0.293 e. The lowest BCUT2D eigenvalue weighted by atomic mass is 10.0. The Bertz CT molecular complexity index is 956. The normalized spacial score (nSPS) is 18.4. The number of aryl methyl sites for hydroxylation is 2. The van der Waals surface area contributed by atoms with Crippen LogP contribution in [0.1, 0.15) is 30.7 Å². The Hall–Kier alpha value is -3.00. The highest BCUT2D eigenvalue weighted by molar-refractivity contribution is 5.95. The third-order valence-electron chi connectivity index (χ3n) is 6.13. The molecule has 8 nitrogen and oxygen atoms in total. The third kappa shape index (κ3) is 5.43. The van der Waals surface area contributed by atoms with Crippen LogP contribution >= 0.6 is 0 Å². The number of hydrogen-bond acceptors (Lipinski definition) is 7. The van der Waals surface area contributed by atoms with Crippen LogP contribution in [0.3, 0.4) is 0 Å². The highest BCUT2D eigenvalue weighted by Crippen LogP contribution is 2.36. The van der Waals surface area contributed by atoms with Crippen molar-refractivity contribution in [2.45, 2.75) is 33.1 Å². The molecular formula is C24H30N4O4. The van der Waals surface area contributed by atoms with Gasteiger partial charge in [0.15, 0.2) is 0 Å². The van der Waals surface area contributed by atoms with Crippen LogP contribution in [-0.4, -0.2) is 60.1 Å². The molecule has 1 saturated carbocycles. The number of amides is 1. The molecule has 2 fully saturated rings. The van der Waals surface area contributed by atoms with Crippen molar-refractivity contribution in [1.82, 2.24) is 14.9 Å². The van der Waals surface area contributed by atoms with Crippen molar-refractivity contribution in [3.63, 3.8) is 0 Å². The molecule has 2 aromatic rings. The van der Waals surface area contributed by atoms with Crippen molar-refractivity contribution in [1.29, 1.82) is 0 Å². The first-order valence-electron chi connectivity index (χ1n) is 11.2. The molecular weight excluding hydrogens is 408 g/mol. The second-order valence-electron chi connectivity index (χ2n) is 8.63. The van der Waals surface area contributed by atoms with Crippen molar-refractivity contribution >= 4 is 18.1 Å². The van der Waals surface area contributed by atoms with E-state index in [0.717, 1.165) is 72.8 Å². The topological polar surface area (TPSA) is 93.7 Å². The number of carbonyl (C=O) groups excluding carboxylic acids is 2. The average molecular weight is 439 g/mol. The number of nitrogens with one attached hydrogen (secondary N) is 1. The molecule has 1 unspecified atom stereocenters. The van der Waals surface area contributed by atoms with Gasteiger partial charge in [0, 0.05) is 53.1 Å². The molecule has 32 heavy (non-hydrogen) atoms. The van der Waals surface area contributed by atoms with Crippen LogP contribution in [0, 0.1) is 25.7 Å². The lowest BCUT2D eigenvalue weighted by Gasteiger charge is -2.19. The summed E-state index contributed by atoms with van der Waals surface area (Å²) in [4.78, 5) is 33.7. The van der Waals surface area contributed by atoms with E-state index in [1.807, 2.05) is 32.0 Å². The van der Waals surface area contributed by atoms with E-state index in [1.54, 1.807) is 6.33 Å². The Morgan fingerprint density at radius 3 is 2.72 bits per heavy atom. The number of anilines is 1. The minimum Gasteiger partial charge on any atom is -0.492 e. The molecule has 170 valence electrons. The smallest absolute Gasteiger partial charge is 0.293 e. The first kappa shape index (κ1) is 22.2. The fraction of sp³-hybridized carbons (Fsp3) is 0.500. The van der Waals surface area contributed by atoms with E-state index < -0.39 is 0 Å². The third-order valence-corrected chi connectivity index (χ3v) is 6.13. The zero-order valence-corrected chi connectivity index (χ0v) is 18.7. The van der Waals surface area contributed by atoms with Crippen molar-refractivity contribution < 1.29 is 19.1 Å². The van der Waals surface area contributed by atoms with Crippen LogP contribution in [0.4, 0.5) is 5.69 Å². The van der Waals surface area contributed by atoms with Crippen LogP contribution in [0.25, 0.3) is 11.1 Å². The molecule has 0 spiro atoms. The molecule has 1 aliphatic carbocycles. The number of hydrogen-bond donors (Lipinski definition) is 1. The van der Waals surface area contributed by atoms with Crippen LogP contribution in [0.5, 0.6) is 5.75 Å². The molecule has 4 rings (SSSR count). The van der Waals surface area contributed by atoms with E-state index in [1.165, 1.54) is 0 Å². The Balaban J connectivity index is 1.47. The van der Waals surface area contributed by atoms with E-state index >= 15 is 0 Å². The summed E-state index contributed by atoms with van der Waals surface area (Å²) in [6.45, 7) is 8.10. The summed E-state index contributed by atoms with van der Waals surface area (Å²) in [5, 5.41) is 3.02. The summed E-state index contributed by atoms with van der Waals surface area (Å²) in [6, 6.07) is 5.75. The van der Waals surface area contributed by atoms with Crippen molar-refractivity contribution in [2.24, 2.45) is 11.8 Å². The molecule has 0 bridgehead atoms. The number of carbonyl (C=O) groups is 2. The van der Waals surface area contributed by atoms with Crippen molar-refractivity contribution in [3.8, 4) is 16.9 Å². The zero-order chi connectivity index (χ0) is 22.5. The van der Waals surface area contributed by atoms with Gasteiger partial charge in [-0.2, -0.15) is 0 Å². The number of rotatable bonds is 10. The van der Waals surface area contributed by atoms with Crippen molar-refractivity contribution in [3.05, 3.63) is 35.9 Å². The first-order valence-corrected chi connectivity index (χ1v) is 11.2. The molecule has 0 radical (unpaired) electrons. The van der Waals surface area contributed by atoms with Crippen LogP contribution in [0.15, 0.2) is 24.5 Å². The molecule has 2 aliphatic rings. The van der Waals surface area contributed by atoms with Crippen molar-refractivity contribution in [2.75, 3.05) is 38.2 Å². The zero-order valence-electron chi connectivity index (χ0n) is 18.7. The second-order valence-corrected chi connectivity index (χ2v) is 8.63. The molecule has 8 heteroatoms. The number of likely N-dealkylation sites (tertiary alicyclic amines) is 1. The fourth-order valence-corrected chi connectivity index (χ4v) is 4.21. The summed E-state index contributed by atoms with van der Waals surface area (Å²) in [7, 11) is 0. The Morgan fingerprint density at radius 2 is 2.00 bits per heavy atom. The van der Waals surface area contributed by atoms with Gasteiger partial charge in [-0.3, -0.25) is 14.5 Å². The van der Waals surface area contributed by atoms with Gasteiger partial charge in [-0.05, 0) is 57.9 Å². The highest BCUT2D eigenvalue weighted by atomic mass is 16.5. The monoisotopic (exact) mass is 438 g/mol. The summed E-state index contributed by atoms with van der Waals surface area (Å²) in [6.07, 6.45) is 4.51. The van der Waals surface area contributed by atoms with Gasteiger partial charge in [0.1, 0.15) is 18.7 Å². The van der Waals surface area contributed by atoms with E-state index in [0.29, 0.717) is 25.6 Å². The molecule has 1 aliphatic heterocycles. The van der Waals surface area contributed by atoms with E-state index in [4.69, 9.17) is 9.47 Å². The van der Waals surface area contributed by atoms with Crippen LogP contribution < -0.4 is 10.1 Å². The van der Waals surface area contributed by atoms with Gasteiger partial charge in [0.2, 0.25) is 5.91 Å². The highest BCUT2D eigenvalue weighted by Gasteiger charge is 2.30. The molecule has 1 N–H and O–H groups in total. The Labute approximate surface area is 188 Å². The Morgan fingerprint density at radius 1 is 1.22 bits per heavy atom. The van der Waals surface area contributed by atoms with Gasteiger partial charge in [-0.15, -0.1) is 0 Å². The molecule has 1 saturated heterocycles. The molecule has 2 heterocycles. The van der Waals surface area contributed by atoms with Gasteiger partial charge in [-0.1, -0.05) is 0 Å². The Kier molecular flexibility index (Phi) is 6.99. The van der Waals surface area contributed by atoms with Gasteiger partial charge >= 0.3 is 0 Å². The lowest BCUT2D eigenvalue weighted by Crippen LogP contribution is -2.27. The van der Waals surface area contributed by atoms with E-state index in [2.05, 4.69) is 20.2 Å². The van der Waals surface area contributed by atoms with Gasteiger partial charge in [-0.25, -0.2) is 9.97 Å². The first-order chi connectivity index (χ1) is 15.5. The maximum absolute atomic E-state index is 12.3. The standard InChI is InChI=1S/C24H30N4O4/c1-16-23(17(2)26-14-25-16)21-11-20(27-24(30)19-3-4-19)5-6-22(21)32-10-9-28-8-7-18(12-28)13-31-15-29/h5-6,11,14-15,18-19H,3-4,7-10,12-13H2,1-2H3,(H,27,30). The molecule has 1 aromatic heterocycles. The number of aromatic nitrogens is 2. The molecule has 1 amide bonds. The van der Waals surface area contributed by atoms with E-state index in [-0.39, 0.29) is 11.8 Å². The predicted molar refractivity (Wildman–Crippen MR) is 120 cm³/mol. The molecule has 1 aromatic carbocycles. The number of benzene rings is 1. The largest absolute Gasteiger partial charge is 0.492 e. The predicted octanol–water partition coefficient (Wildman–Crippen LogP) is 2.98. The lowest BCUT2D eigenvalue weighted by molar-refractivity contribution is -0.129. The minimum atomic E-state index is 0.0736. The minimum absolute atomic E-state index is 0.0736.